The van der Waals surface area contributed by atoms with Crippen LogP contribution < -0.4 is 0 Å². The molecule has 8 rings (SSSR count). The van der Waals surface area contributed by atoms with E-state index in [0.29, 0.717) is 0 Å². The first-order valence-electron chi connectivity index (χ1n) is 12.8. The Morgan fingerprint density at radius 3 is 2.47 bits per heavy atom. The Labute approximate surface area is 208 Å². The van der Waals surface area contributed by atoms with E-state index in [1.807, 2.05) is 12.1 Å². The van der Waals surface area contributed by atoms with Crippen LogP contribution in [0.4, 0.5) is 0 Å². The van der Waals surface area contributed by atoms with Gasteiger partial charge in [-0.1, -0.05) is 54.6 Å². The van der Waals surface area contributed by atoms with Crippen LogP contribution in [0.25, 0.3) is 60.7 Å². The lowest BCUT2D eigenvalue weighted by Crippen LogP contribution is -2.03. The summed E-state index contributed by atoms with van der Waals surface area (Å²) < 4.78 is 8.76. The van der Waals surface area contributed by atoms with Gasteiger partial charge >= 0.3 is 0 Å². The van der Waals surface area contributed by atoms with Crippen molar-refractivity contribution < 1.29 is 4.42 Å². The average molecular weight is 465 g/mol. The number of hydrogen-bond donors (Lipinski definition) is 0. The van der Waals surface area contributed by atoms with E-state index in [4.69, 9.17) is 9.40 Å². The van der Waals surface area contributed by atoms with Crippen LogP contribution in [0.15, 0.2) is 102 Å². The number of nitrogens with zero attached hydrogens (tertiary/aromatic N) is 2. The van der Waals surface area contributed by atoms with Gasteiger partial charge in [0.1, 0.15) is 11.2 Å². The fourth-order valence-corrected chi connectivity index (χ4v) is 6.21. The molecule has 0 N–H and O–H groups in total. The Balaban J connectivity index is 1.46. The normalized spacial score (nSPS) is 13.7. The highest BCUT2D eigenvalue weighted by Gasteiger charge is 2.21. The maximum atomic E-state index is 6.35. The molecule has 7 aromatic rings. The molecule has 1 aliphatic rings. The zero-order chi connectivity index (χ0) is 23.6. The fraction of sp³-hybridized carbons (Fsp3) is 0.121. The van der Waals surface area contributed by atoms with E-state index in [2.05, 4.69) is 89.6 Å². The minimum absolute atomic E-state index is 0.894. The quantitative estimate of drug-likeness (QED) is 0.256. The van der Waals surface area contributed by atoms with Gasteiger partial charge in [-0.05, 0) is 73.2 Å². The van der Waals surface area contributed by atoms with Crippen molar-refractivity contribution in [3.63, 3.8) is 0 Å². The summed E-state index contributed by atoms with van der Waals surface area (Å²) in [6, 6.07) is 32.2. The van der Waals surface area contributed by atoms with Crippen LogP contribution in [-0.2, 0) is 12.8 Å². The Hall–Kier alpha value is -4.37. The first kappa shape index (κ1) is 19.9. The minimum atomic E-state index is 0.894. The lowest BCUT2D eigenvalue weighted by Gasteiger charge is -2.17. The fourth-order valence-electron chi connectivity index (χ4n) is 6.21. The van der Waals surface area contributed by atoms with Gasteiger partial charge in [0.05, 0.1) is 16.7 Å². The predicted molar refractivity (Wildman–Crippen MR) is 148 cm³/mol. The van der Waals surface area contributed by atoms with Crippen LogP contribution in [0.5, 0.6) is 0 Å². The van der Waals surface area contributed by atoms with Crippen molar-refractivity contribution in [2.24, 2.45) is 0 Å². The van der Waals surface area contributed by atoms with Crippen LogP contribution >= 0.6 is 0 Å². The van der Waals surface area contributed by atoms with Gasteiger partial charge in [-0.25, -0.2) is 0 Å². The zero-order valence-corrected chi connectivity index (χ0v) is 19.9. The third-order valence-electron chi connectivity index (χ3n) is 7.84. The SMILES string of the molecule is c1ccc(-n2c3cc(-c4cccc5c4oc4ccccc45)ncc3c3c4c(ccc32)CCCC4)cc1. The van der Waals surface area contributed by atoms with Gasteiger partial charge < -0.3 is 8.98 Å². The smallest absolute Gasteiger partial charge is 0.144 e. The summed E-state index contributed by atoms with van der Waals surface area (Å²) in [5.74, 6) is 0. The molecular weight excluding hydrogens is 440 g/mol. The van der Waals surface area contributed by atoms with Gasteiger partial charge in [0, 0.05) is 39.0 Å². The van der Waals surface area contributed by atoms with Crippen molar-refractivity contribution in [1.82, 2.24) is 9.55 Å². The van der Waals surface area contributed by atoms with Crippen LogP contribution in [0.3, 0.4) is 0 Å². The summed E-state index contributed by atoms with van der Waals surface area (Å²) >= 11 is 0. The van der Waals surface area contributed by atoms with Gasteiger partial charge in [-0.2, -0.15) is 0 Å². The molecule has 3 heterocycles. The van der Waals surface area contributed by atoms with Crippen LogP contribution in [0, 0.1) is 0 Å². The zero-order valence-electron chi connectivity index (χ0n) is 19.9. The van der Waals surface area contributed by atoms with E-state index < -0.39 is 0 Å². The molecule has 0 bridgehead atoms. The maximum Gasteiger partial charge on any atom is 0.144 e. The number of furan rings is 1. The van der Waals surface area contributed by atoms with Crippen molar-refractivity contribution in [3.8, 4) is 16.9 Å². The van der Waals surface area contributed by atoms with E-state index in [9.17, 15) is 0 Å². The molecule has 36 heavy (non-hydrogen) atoms. The Kier molecular flexibility index (Phi) is 4.18. The molecule has 0 saturated carbocycles. The summed E-state index contributed by atoms with van der Waals surface area (Å²) in [7, 11) is 0. The van der Waals surface area contributed by atoms with Crippen molar-refractivity contribution in [1.29, 1.82) is 0 Å². The van der Waals surface area contributed by atoms with Gasteiger partial charge in [0.15, 0.2) is 0 Å². The van der Waals surface area contributed by atoms with Crippen LogP contribution in [0.2, 0.25) is 0 Å². The number of hydrogen-bond acceptors (Lipinski definition) is 2. The number of benzene rings is 4. The molecule has 0 spiro atoms. The molecule has 0 saturated heterocycles. The minimum Gasteiger partial charge on any atom is -0.455 e. The standard InChI is InChI=1S/C33H24N2O/c1-2-10-22(11-3-1)35-29-18-17-21-9-4-5-12-23(21)32(29)27-20-34-28(19-30(27)35)26-15-8-14-25-24-13-6-7-16-31(24)36-33(25)26/h1-3,6-8,10-11,13-20H,4-5,9,12H2. The van der Waals surface area contributed by atoms with E-state index in [-0.39, 0.29) is 0 Å². The predicted octanol–water partition coefficient (Wildman–Crippen LogP) is 8.62. The first-order valence-corrected chi connectivity index (χ1v) is 12.8. The maximum absolute atomic E-state index is 6.35. The Morgan fingerprint density at radius 1 is 0.694 bits per heavy atom. The van der Waals surface area contributed by atoms with Crippen molar-refractivity contribution in [3.05, 3.63) is 108 Å². The summed E-state index contributed by atoms with van der Waals surface area (Å²) in [5.41, 5.74) is 10.4. The second kappa shape index (κ2) is 7.56. The molecule has 0 unspecified atom stereocenters. The van der Waals surface area contributed by atoms with Gasteiger partial charge in [-0.3, -0.25) is 4.98 Å². The molecular formula is C33H24N2O. The molecule has 0 fully saturated rings. The molecule has 1 aliphatic carbocycles. The largest absolute Gasteiger partial charge is 0.455 e. The lowest BCUT2D eigenvalue weighted by molar-refractivity contribution is 0.670. The second-order valence-corrected chi connectivity index (χ2v) is 9.84. The van der Waals surface area contributed by atoms with Crippen molar-refractivity contribution in [2.45, 2.75) is 25.7 Å². The highest BCUT2D eigenvalue weighted by atomic mass is 16.3. The second-order valence-electron chi connectivity index (χ2n) is 9.84. The molecule has 0 radical (unpaired) electrons. The lowest BCUT2D eigenvalue weighted by atomic mass is 9.88. The van der Waals surface area contributed by atoms with E-state index in [1.54, 1.807) is 0 Å². The summed E-state index contributed by atoms with van der Waals surface area (Å²) in [5, 5.41) is 4.86. The third-order valence-corrected chi connectivity index (χ3v) is 7.84. The van der Waals surface area contributed by atoms with Crippen LogP contribution in [0.1, 0.15) is 24.0 Å². The Morgan fingerprint density at radius 2 is 1.53 bits per heavy atom. The first-order chi connectivity index (χ1) is 17.9. The number of para-hydroxylation sites is 3. The summed E-state index contributed by atoms with van der Waals surface area (Å²) in [6.45, 7) is 0. The van der Waals surface area contributed by atoms with Crippen molar-refractivity contribution >= 4 is 43.7 Å². The van der Waals surface area contributed by atoms with E-state index in [0.717, 1.165) is 39.6 Å². The van der Waals surface area contributed by atoms with Crippen molar-refractivity contribution in [2.75, 3.05) is 0 Å². The van der Waals surface area contributed by atoms with E-state index >= 15 is 0 Å². The highest BCUT2D eigenvalue weighted by Crippen LogP contribution is 2.40. The summed E-state index contributed by atoms with van der Waals surface area (Å²) in [6.07, 6.45) is 6.93. The third kappa shape index (κ3) is 2.77. The monoisotopic (exact) mass is 464 g/mol. The van der Waals surface area contributed by atoms with Crippen LogP contribution in [-0.4, -0.2) is 9.55 Å². The summed E-state index contributed by atoms with van der Waals surface area (Å²) in [4.78, 5) is 5.03. The van der Waals surface area contributed by atoms with Gasteiger partial charge in [0.2, 0.25) is 0 Å². The molecule has 3 nitrogen and oxygen atoms in total. The molecule has 0 aliphatic heterocycles. The number of aryl methyl sites for hydroxylation is 2. The van der Waals surface area contributed by atoms with E-state index in [1.165, 1.54) is 57.9 Å². The number of aromatic nitrogens is 2. The number of fused-ring (bicyclic) bond motifs is 8. The molecule has 3 heteroatoms. The van der Waals surface area contributed by atoms with Gasteiger partial charge in [0.25, 0.3) is 0 Å². The molecule has 4 aromatic carbocycles. The molecule has 172 valence electrons. The number of pyridine rings is 1. The molecule has 0 atom stereocenters. The van der Waals surface area contributed by atoms with Gasteiger partial charge in [-0.15, -0.1) is 0 Å². The highest BCUT2D eigenvalue weighted by molar-refractivity contribution is 6.13. The molecule has 3 aromatic heterocycles. The topological polar surface area (TPSA) is 31.0 Å². The Bertz CT molecular complexity index is 1940. The molecule has 0 amide bonds. The average Bonchev–Trinajstić information content (AvgIpc) is 3.49. The number of rotatable bonds is 2.